The molecule has 1 aliphatic heterocycles. The fourth-order valence-electron chi connectivity index (χ4n) is 1.65. The minimum atomic E-state index is -0.782. The maximum atomic E-state index is 11.2. The maximum absolute atomic E-state index is 11.2. The Morgan fingerprint density at radius 2 is 2.26 bits per heavy atom. The van der Waals surface area contributed by atoms with Gasteiger partial charge in [0.25, 0.3) is 5.91 Å². The number of amides is 2. The van der Waals surface area contributed by atoms with E-state index in [4.69, 9.17) is 10.5 Å². The van der Waals surface area contributed by atoms with Gasteiger partial charge in [0, 0.05) is 6.54 Å². The van der Waals surface area contributed by atoms with Crippen LogP contribution in [0.3, 0.4) is 0 Å². The van der Waals surface area contributed by atoms with Crippen LogP contribution >= 0.6 is 0 Å². The average molecular weight is 263 g/mol. The van der Waals surface area contributed by atoms with Crippen LogP contribution in [0.5, 0.6) is 5.75 Å². The number of benzene rings is 1. The van der Waals surface area contributed by atoms with Gasteiger partial charge in [-0.25, -0.2) is 0 Å². The summed E-state index contributed by atoms with van der Waals surface area (Å²) in [7, 11) is 0. The Bertz CT molecular complexity index is 526. The Kier molecular flexibility index (Phi) is 3.44. The normalized spacial score (nSPS) is 14.3. The molecule has 2 rings (SSSR count). The molecule has 2 amide bonds. The van der Waals surface area contributed by atoms with Crippen molar-refractivity contribution in [2.24, 2.45) is 5.73 Å². The summed E-state index contributed by atoms with van der Waals surface area (Å²) in [5.74, 6) is 0.0645. The zero-order valence-electron chi connectivity index (χ0n) is 10.9. The van der Waals surface area contributed by atoms with Crippen LogP contribution in [0, 0.1) is 0 Å². The van der Waals surface area contributed by atoms with Gasteiger partial charge in [0.15, 0.2) is 6.61 Å². The molecule has 0 bridgehead atoms. The van der Waals surface area contributed by atoms with Crippen LogP contribution in [0.2, 0.25) is 0 Å². The fourth-order valence-corrected chi connectivity index (χ4v) is 1.65. The molecule has 0 atom stereocenters. The average Bonchev–Trinajstić information content (AvgIpc) is 2.35. The minimum absolute atomic E-state index is 0.0410. The van der Waals surface area contributed by atoms with E-state index in [1.54, 1.807) is 19.9 Å². The monoisotopic (exact) mass is 263 g/mol. The van der Waals surface area contributed by atoms with Gasteiger partial charge in [-0.05, 0) is 31.5 Å². The van der Waals surface area contributed by atoms with Gasteiger partial charge in [-0.3, -0.25) is 14.9 Å². The number of carbonyl (C=O) groups excluding carboxylic acids is 2. The highest BCUT2D eigenvalue weighted by Crippen LogP contribution is 2.28. The topological polar surface area (TPSA) is 93.4 Å². The lowest BCUT2D eigenvalue weighted by atomic mass is 10.0. The molecule has 0 aliphatic carbocycles. The molecule has 0 saturated carbocycles. The third-order valence-electron chi connectivity index (χ3n) is 3.03. The molecular formula is C13H17N3O3. The number of rotatable bonds is 4. The first-order valence-corrected chi connectivity index (χ1v) is 5.99. The smallest absolute Gasteiger partial charge is 0.262 e. The lowest BCUT2D eigenvalue weighted by molar-refractivity contribution is -0.123. The predicted octanol–water partition coefficient (Wildman–Crippen LogP) is 0.371. The largest absolute Gasteiger partial charge is 0.482 e. The molecule has 0 saturated heterocycles. The quantitative estimate of drug-likeness (QED) is 0.731. The third kappa shape index (κ3) is 3.03. The van der Waals surface area contributed by atoms with Crippen LogP contribution in [-0.4, -0.2) is 24.0 Å². The Hall–Kier alpha value is -2.08. The van der Waals surface area contributed by atoms with Gasteiger partial charge in [-0.15, -0.1) is 0 Å². The first-order valence-electron chi connectivity index (χ1n) is 5.99. The Morgan fingerprint density at radius 3 is 2.95 bits per heavy atom. The first kappa shape index (κ1) is 13.4. The van der Waals surface area contributed by atoms with Crippen molar-refractivity contribution >= 4 is 17.5 Å². The standard InChI is InChI=1S/C13H17N3O3/c1-13(2,12(14)18)15-6-8-3-4-10-9(5-8)16-11(17)7-19-10/h3-5,15H,6-7H2,1-2H3,(H2,14,18)(H,16,17). The lowest BCUT2D eigenvalue weighted by Crippen LogP contribution is -2.50. The molecule has 1 aliphatic rings. The first-order chi connectivity index (χ1) is 8.88. The van der Waals surface area contributed by atoms with Gasteiger partial charge in [-0.1, -0.05) is 6.07 Å². The van der Waals surface area contributed by atoms with Crippen LogP contribution in [0.25, 0.3) is 0 Å². The number of nitrogens with two attached hydrogens (primary N) is 1. The van der Waals surface area contributed by atoms with E-state index in [1.165, 1.54) is 0 Å². The van der Waals surface area contributed by atoms with Crippen LogP contribution in [0.15, 0.2) is 18.2 Å². The summed E-state index contributed by atoms with van der Waals surface area (Å²) in [5, 5.41) is 5.80. The molecule has 1 aromatic carbocycles. The molecule has 1 heterocycles. The zero-order valence-corrected chi connectivity index (χ0v) is 10.9. The van der Waals surface area contributed by atoms with E-state index in [0.29, 0.717) is 18.0 Å². The molecule has 0 spiro atoms. The van der Waals surface area contributed by atoms with E-state index in [1.807, 2.05) is 12.1 Å². The summed E-state index contributed by atoms with van der Waals surface area (Å²) in [6, 6.07) is 5.49. The Balaban J connectivity index is 2.08. The third-order valence-corrected chi connectivity index (χ3v) is 3.03. The van der Waals surface area contributed by atoms with E-state index in [2.05, 4.69) is 10.6 Å². The maximum Gasteiger partial charge on any atom is 0.262 e. The van der Waals surface area contributed by atoms with Gasteiger partial charge in [-0.2, -0.15) is 0 Å². The van der Waals surface area contributed by atoms with Crippen molar-refractivity contribution in [1.29, 1.82) is 0 Å². The second-order valence-electron chi connectivity index (χ2n) is 5.01. The molecule has 0 radical (unpaired) electrons. The summed E-state index contributed by atoms with van der Waals surface area (Å²) < 4.78 is 5.27. The molecule has 102 valence electrons. The van der Waals surface area contributed by atoms with Gasteiger partial charge in [0.05, 0.1) is 11.2 Å². The van der Waals surface area contributed by atoms with Gasteiger partial charge >= 0.3 is 0 Å². The molecule has 6 heteroatoms. The second kappa shape index (κ2) is 4.89. The van der Waals surface area contributed by atoms with Crippen LogP contribution in [0.4, 0.5) is 5.69 Å². The summed E-state index contributed by atoms with van der Waals surface area (Å²) in [6.45, 7) is 3.95. The number of primary amides is 1. The van der Waals surface area contributed by atoms with E-state index < -0.39 is 11.4 Å². The number of hydrogen-bond donors (Lipinski definition) is 3. The van der Waals surface area contributed by atoms with Crippen LogP contribution < -0.4 is 21.1 Å². The highest BCUT2D eigenvalue weighted by molar-refractivity contribution is 5.95. The van der Waals surface area contributed by atoms with Crippen molar-refractivity contribution < 1.29 is 14.3 Å². The van der Waals surface area contributed by atoms with E-state index in [-0.39, 0.29) is 12.5 Å². The highest BCUT2D eigenvalue weighted by Gasteiger charge is 2.24. The molecule has 19 heavy (non-hydrogen) atoms. The Morgan fingerprint density at radius 1 is 1.53 bits per heavy atom. The van der Waals surface area contributed by atoms with Crippen molar-refractivity contribution in [3.63, 3.8) is 0 Å². The van der Waals surface area contributed by atoms with E-state index >= 15 is 0 Å². The number of hydrogen-bond acceptors (Lipinski definition) is 4. The molecule has 6 nitrogen and oxygen atoms in total. The summed E-state index contributed by atoms with van der Waals surface area (Å²) >= 11 is 0. The number of anilines is 1. The molecule has 4 N–H and O–H groups in total. The highest BCUT2D eigenvalue weighted by atomic mass is 16.5. The van der Waals surface area contributed by atoms with Crippen molar-refractivity contribution in [1.82, 2.24) is 5.32 Å². The minimum Gasteiger partial charge on any atom is -0.482 e. The molecule has 0 fully saturated rings. The number of ether oxygens (including phenoxy) is 1. The summed E-state index contributed by atoms with van der Waals surface area (Å²) in [6.07, 6.45) is 0. The number of fused-ring (bicyclic) bond motifs is 1. The van der Waals surface area contributed by atoms with Crippen molar-refractivity contribution in [2.45, 2.75) is 25.9 Å². The van der Waals surface area contributed by atoms with E-state index in [9.17, 15) is 9.59 Å². The van der Waals surface area contributed by atoms with Gasteiger partial charge in [0.1, 0.15) is 5.75 Å². The fraction of sp³-hybridized carbons (Fsp3) is 0.385. The molecule has 0 aromatic heterocycles. The van der Waals surface area contributed by atoms with Crippen LogP contribution in [0.1, 0.15) is 19.4 Å². The molecular weight excluding hydrogens is 246 g/mol. The van der Waals surface area contributed by atoms with Gasteiger partial charge in [0.2, 0.25) is 5.91 Å². The van der Waals surface area contributed by atoms with Crippen molar-refractivity contribution in [2.75, 3.05) is 11.9 Å². The number of carbonyl (C=O) groups is 2. The SMILES string of the molecule is CC(C)(NCc1ccc2c(c1)NC(=O)CO2)C(N)=O. The molecule has 1 aromatic rings. The summed E-state index contributed by atoms with van der Waals surface area (Å²) in [4.78, 5) is 22.4. The summed E-state index contributed by atoms with van der Waals surface area (Å²) in [5.41, 5.74) is 6.08. The zero-order chi connectivity index (χ0) is 14.0. The number of nitrogens with one attached hydrogen (secondary N) is 2. The lowest BCUT2D eigenvalue weighted by Gasteiger charge is -2.23. The van der Waals surface area contributed by atoms with Crippen molar-refractivity contribution in [3.05, 3.63) is 23.8 Å². The van der Waals surface area contributed by atoms with E-state index in [0.717, 1.165) is 5.56 Å². The van der Waals surface area contributed by atoms with Crippen LogP contribution in [-0.2, 0) is 16.1 Å². The molecule has 0 unspecified atom stereocenters. The second-order valence-corrected chi connectivity index (χ2v) is 5.01. The van der Waals surface area contributed by atoms with Gasteiger partial charge < -0.3 is 15.8 Å². The van der Waals surface area contributed by atoms with Crippen molar-refractivity contribution in [3.8, 4) is 5.75 Å². The predicted molar refractivity (Wildman–Crippen MR) is 70.7 cm³/mol. The Labute approximate surface area is 111 Å².